The largest absolute Gasteiger partial charge is 0.399 e. The van der Waals surface area contributed by atoms with Gasteiger partial charge in [-0.3, -0.25) is 0 Å². The van der Waals surface area contributed by atoms with Crippen LogP contribution in [0.5, 0.6) is 0 Å². The van der Waals surface area contributed by atoms with Gasteiger partial charge in [-0.25, -0.2) is 4.98 Å². The van der Waals surface area contributed by atoms with Crippen LogP contribution in [0.2, 0.25) is 0 Å². The number of nitrogen functional groups attached to an aromatic ring is 1. The first-order valence-corrected chi connectivity index (χ1v) is 5.39. The molecule has 1 aromatic carbocycles. The van der Waals surface area contributed by atoms with Gasteiger partial charge in [0.2, 0.25) is 0 Å². The van der Waals surface area contributed by atoms with Crippen LogP contribution in [-0.4, -0.2) is 4.98 Å². The molecule has 0 atom stereocenters. The predicted octanol–water partition coefficient (Wildman–Crippen LogP) is 3.15. The molecule has 4 heteroatoms. The number of thiazole rings is 1. The maximum absolute atomic E-state index is 5.68. The van der Waals surface area contributed by atoms with E-state index in [1.54, 1.807) is 11.3 Å². The summed E-state index contributed by atoms with van der Waals surface area (Å²) in [5.41, 5.74) is 10.2. The highest BCUT2D eigenvalue weighted by Gasteiger charge is 2.05. The average molecular weight is 255 g/mol. The Morgan fingerprint density at radius 2 is 2.23 bits per heavy atom. The molecule has 0 aliphatic heterocycles. The molecule has 0 aliphatic rings. The predicted molar refractivity (Wildman–Crippen MR) is 59.7 cm³/mol. The van der Waals surface area contributed by atoms with E-state index < -0.39 is 0 Å². The van der Waals surface area contributed by atoms with E-state index in [1.165, 1.54) is 0 Å². The zero-order valence-electron chi connectivity index (χ0n) is 6.70. The molecule has 0 radical (unpaired) electrons. The minimum Gasteiger partial charge on any atom is -0.399 e. The molecule has 1 aromatic heterocycles. The molecule has 2 rings (SSSR count). The summed E-state index contributed by atoms with van der Waals surface area (Å²) in [6.07, 6.45) is 0. The standard InChI is InChI=1S/C9H7BrN2S/c10-9-8(12-5-13-9)6-2-1-3-7(11)4-6/h1-5H,11H2. The molecule has 0 saturated carbocycles. The lowest BCUT2D eigenvalue weighted by Crippen LogP contribution is -1.85. The second-order valence-electron chi connectivity index (χ2n) is 2.60. The number of nitrogens with zero attached hydrogens (tertiary/aromatic N) is 1. The van der Waals surface area contributed by atoms with Crippen molar-refractivity contribution in [2.75, 3.05) is 5.73 Å². The Bertz CT molecular complexity index is 425. The van der Waals surface area contributed by atoms with Gasteiger partial charge in [-0.1, -0.05) is 12.1 Å². The van der Waals surface area contributed by atoms with E-state index in [4.69, 9.17) is 5.73 Å². The van der Waals surface area contributed by atoms with Gasteiger partial charge in [-0.05, 0) is 28.1 Å². The van der Waals surface area contributed by atoms with Crippen molar-refractivity contribution in [3.05, 3.63) is 33.6 Å². The zero-order valence-corrected chi connectivity index (χ0v) is 9.10. The number of rotatable bonds is 1. The number of anilines is 1. The summed E-state index contributed by atoms with van der Waals surface area (Å²) in [6.45, 7) is 0. The number of hydrogen-bond donors (Lipinski definition) is 1. The summed E-state index contributed by atoms with van der Waals surface area (Å²) in [5, 5.41) is 0. The Morgan fingerprint density at radius 1 is 1.38 bits per heavy atom. The Labute approximate surface area is 88.6 Å². The third kappa shape index (κ3) is 1.73. The van der Waals surface area contributed by atoms with Crippen LogP contribution in [0, 0.1) is 0 Å². The molecule has 0 aliphatic carbocycles. The number of nitrogens with two attached hydrogens (primary N) is 1. The van der Waals surface area contributed by atoms with Crippen molar-refractivity contribution >= 4 is 33.0 Å². The van der Waals surface area contributed by atoms with Gasteiger partial charge in [-0.15, -0.1) is 11.3 Å². The maximum atomic E-state index is 5.68. The number of aromatic nitrogens is 1. The molecular formula is C9H7BrN2S. The number of benzene rings is 1. The molecule has 2 N–H and O–H groups in total. The van der Waals surface area contributed by atoms with Gasteiger partial charge in [0.1, 0.15) is 0 Å². The van der Waals surface area contributed by atoms with E-state index in [9.17, 15) is 0 Å². The summed E-state index contributed by atoms with van der Waals surface area (Å²) in [5.74, 6) is 0. The van der Waals surface area contributed by atoms with Crippen molar-refractivity contribution in [2.45, 2.75) is 0 Å². The molecule has 0 fully saturated rings. The van der Waals surface area contributed by atoms with E-state index in [0.717, 1.165) is 20.7 Å². The van der Waals surface area contributed by atoms with Crippen LogP contribution in [0.3, 0.4) is 0 Å². The smallest absolute Gasteiger partial charge is 0.0976 e. The minimum absolute atomic E-state index is 0.761. The highest BCUT2D eigenvalue weighted by atomic mass is 79.9. The fourth-order valence-corrected chi connectivity index (χ4v) is 2.22. The van der Waals surface area contributed by atoms with Crippen LogP contribution in [0.15, 0.2) is 33.6 Å². The first kappa shape index (κ1) is 8.72. The van der Waals surface area contributed by atoms with E-state index >= 15 is 0 Å². The fraction of sp³-hybridized carbons (Fsp3) is 0. The van der Waals surface area contributed by atoms with E-state index in [1.807, 2.05) is 29.8 Å². The van der Waals surface area contributed by atoms with Crippen molar-refractivity contribution in [1.29, 1.82) is 0 Å². The average Bonchev–Trinajstić information content (AvgIpc) is 2.51. The third-order valence-electron chi connectivity index (χ3n) is 1.68. The molecule has 0 saturated heterocycles. The Hall–Kier alpha value is -0.870. The van der Waals surface area contributed by atoms with E-state index in [-0.39, 0.29) is 0 Å². The lowest BCUT2D eigenvalue weighted by Gasteiger charge is -1.98. The quantitative estimate of drug-likeness (QED) is 0.795. The van der Waals surface area contributed by atoms with Crippen molar-refractivity contribution in [1.82, 2.24) is 4.98 Å². The SMILES string of the molecule is Nc1cccc(-c2ncsc2Br)c1. The van der Waals surface area contributed by atoms with Crippen LogP contribution in [-0.2, 0) is 0 Å². The van der Waals surface area contributed by atoms with Crippen molar-refractivity contribution in [2.24, 2.45) is 0 Å². The molecular weight excluding hydrogens is 248 g/mol. The Morgan fingerprint density at radius 3 is 2.85 bits per heavy atom. The van der Waals surface area contributed by atoms with Crippen molar-refractivity contribution in [3.8, 4) is 11.3 Å². The maximum Gasteiger partial charge on any atom is 0.0976 e. The highest BCUT2D eigenvalue weighted by molar-refractivity contribution is 9.11. The molecule has 0 unspecified atom stereocenters. The van der Waals surface area contributed by atoms with Crippen LogP contribution in [0.25, 0.3) is 11.3 Å². The zero-order chi connectivity index (χ0) is 9.26. The summed E-state index contributed by atoms with van der Waals surface area (Å²) < 4.78 is 1.04. The molecule has 1 heterocycles. The van der Waals surface area contributed by atoms with Gasteiger partial charge in [0.25, 0.3) is 0 Å². The van der Waals surface area contributed by atoms with Gasteiger partial charge < -0.3 is 5.73 Å². The molecule has 0 spiro atoms. The van der Waals surface area contributed by atoms with Gasteiger partial charge in [0.05, 0.1) is 15.0 Å². The van der Waals surface area contributed by atoms with Crippen LogP contribution in [0.1, 0.15) is 0 Å². The lowest BCUT2D eigenvalue weighted by atomic mass is 10.1. The Balaban J connectivity index is 2.53. The number of halogens is 1. The van der Waals surface area contributed by atoms with Crippen LogP contribution < -0.4 is 5.73 Å². The third-order valence-corrected chi connectivity index (χ3v) is 3.23. The molecule has 13 heavy (non-hydrogen) atoms. The molecule has 0 amide bonds. The van der Waals surface area contributed by atoms with Gasteiger partial charge >= 0.3 is 0 Å². The van der Waals surface area contributed by atoms with Crippen LogP contribution >= 0.6 is 27.3 Å². The monoisotopic (exact) mass is 254 g/mol. The van der Waals surface area contributed by atoms with E-state index in [0.29, 0.717) is 0 Å². The van der Waals surface area contributed by atoms with Gasteiger partial charge in [-0.2, -0.15) is 0 Å². The van der Waals surface area contributed by atoms with Crippen LogP contribution in [0.4, 0.5) is 5.69 Å². The molecule has 0 bridgehead atoms. The Kier molecular flexibility index (Phi) is 2.33. The minimum atomic E-state index is 0.761. The van der Waals surface area contributed by atoms with Crippen molar-refractivity contribution in [3.63, 3.8) is 0 Å². The second kappa shape index (κ2) is 3.47. The normalized spacial score (nSPS) is 10.2. The van der Waals surface area contributed by atoms with Gasteiger partial charge in [0.15, 0.2) is 0 Å². The van der Waals surface area contributed by atoms with Crippen molar-refractivity contribution < 1.29 is 0 Å². The van der Waals surface area contributed by atoms with E-state index in [2.05, 4.69) is 20.9 Å². The summed E-state index contributed by atoms with van der Waals surface area (Å²) >= 11 is 5.01. The number of hydrogen-bond acceptors (Lipinski definition) is 3. The molecule has 66 valence electrons. The topological polar surface area (TPSA) is 38.9 Å². The lowest BCUT2D eigenvalue weighted by molar-refractivity contribution is 1.40. The van der Waals surface area contributed by atoms with Gasteiger partial charge in [0, 0.05) is 11.3 Å². The summed E-state index contributed by atoms with van der Waals surface area (Å²) in [7, 11) is 0. The second-order valence-corrected chi connectivity index (χ2v) is 4.77. The highest BCUT2D eigenvalue weighted by Crippen LogP contribution is 2.30. The first-order valence-electron chi connectivity index (χ1n) is 3.72. The molecule has 2 aromatic rings. The molecule has 2 nitrogen and oxygen atoms in total. The summed E-state index contributed by atoms with van der Waals surface area (Å²) in [4.78, 5) is 4.24. The summed E-state index contributed by atoms with van der Waals surface area (Å²) in [6, 6.07) is 7.70. The first-order chi connectivity index (χ1) is 6.27. The fourth-order valence-electron chi connectivity index (χ4n) is 1.11.